The highest BCUT2D eigenvalue weighted by Crippen LogP contribution is 2.31. The summed E-state index contributed by atoms with van der Waals surface area (Å²) in [6, 6.07) is 8.68. The first-order chi connectivity index (χ1) is 14.8. The lowest BCUT2D eigenvalue weighted by Crippen LogP contribution is -2.11. The Bertz CT molecular complexity index is 1120. The highest BCUT2D eigenvalue weighted by Gasteiger charge is 2.19. The molecular weight excluding hydrogens is 406 g/mol. The van der Waals surface area contributed by atoms with E-state index in [-0.39, 0.29) is 22.6 Å². The van der Waals surface area contributed by atoms with E-state index < -0.39 is 17.6 Å². The lowest BCUT2D eigenvalue weighted by Gasteiger charge is -2.09. The number of carboxylic acids is 1. The summed E-state index contributed by atoms with van der Waals surface area (Å²) in [6.45, 7) is 3.45. The summed E-state index contributed by atoms with van der Waals surface area (Å²) < 4.78 is 29.1. The van der Waals surface area contributed by atoms with Crippen molar-refractivity contribution in [2.45, 2.75) is 26.4 Å². The van der Waals surface area contributed by atoms with Crippen LogP contribution in [0.3, 0.4) is 0 Å². The van der Waals surface area contributed by atoms with Gasteiger partial charge in [0.15, 0.2) is 0 Å². The van der Waals surface area contributed by atoms with E-state index in [1.807, 2.05) is 10.7 Å². The number of benzene rings is 1. The van der Waals surface area contributed by atoms with E-state index in [9.17, 15) is 14.0 Å². The lowest BCUT2D eigenvalue weighted by atomic mass is 10.0. The van der Waals surface area contributed by atoms with Crippen molar-refractivity contribution >= 4 is 11.8 Å². The number of aromatic nitrogens is 3. The van der Waals surface area contributed by atoms with Gasteiger partial charge in [0.25, 0.3) is 5.97 Å². The molecule has 0 atom stereocenters. The first-order valence-electron chi connectivity index (χ1n) is 9.43. The van der Waals surface area contributed by atoms with Gasteiger partial charge in [-0.3, -0.25) is 9.48 Å². The van der Waals surface area contributed by atoms with Crippen LogP contribution in [-0.4, -0.2) is 32.4 Å². The molecule has 1 aromatic carbocycles. The Balaban J connectivity index is 0.000000628. The molecule has 0 radical (unpaired) electrons. The van der Waals surface area contributed by atoms with Crippen LogP contribution in [0.15, 0.2) is 30.3 Å². The van der Waals surface area contributed by atoms with Gasteiger partial charge < -0.3 is 16.2 Å². The second-order valence-corrected chi connectivity index (χ2v) is 6.88. The van der Waals surface area contributed by atoms with Gasteiger partial charge in [-0.25, -0.2) is 13.8 Å². The number of carbonyl (C=O) groups is 1. The molecule has 0 fully saturated rings. The van der Waals surface area contributed by atoms with E-state index in [1.54, 1.807) is 6.07 Å². The van der Waals surface area contributed by atoms with E-state index in [1.165, 1.54) is 12.1 Å². The number of nitrogen functional groups attached to an aromatic ring is 1. The fraction of sp³-hybridized carbons (Fsp3) is 0.238. The fourth-order valence-corrected chi connectivity index (χ4v) is 3.23. The second kappa shape index (κ2) is 9.32. The number of fused-ring (bicyclic) bond motifs is 1. The zero-order chi connectivity index (χ0) is 22.5. The van der Waals surface area contributed by atoms with Gasteiger partial charge in [0.2, 0.25) is 0 Å². The monoisotopic (exact) mass is 426 g/mol. The third kappa shape index (κ3) is 5.21. The van der Waals surface area contributed by atoms with Gasteiger partial charge in [-0.15, -0.1) is 0 Å². The molecule has 8 nitrogen and oxygen atoms in total. The van der Waals surface area contributed by atoms with E-state index in [2.05, 4.69) is 21.5 Å². The van der Waals surface area contributed by atoms with Crippen molar-refractivity contribution in [1.29, 1.82) is 5.26 Å². The zero-order valence-corrected chi connectivity index (χ0v) is 16.7. The number of hydrogen-bond donors (Lipinski definition) is 3. The first-order valence-corrected chi connectivity index (χ1v) is 9.43. The molecule has 3 aromatic rings. The van der Waals surface area contributed by atoms with E-state index in [0.717, 1.165) is 38.2 Å². The Hall–Kier alpha value is -3.84. The van der Waals surface area contributed by atoms with Gasteiger partial charge in [0.05, 0.1) is 17.1 Å². The van der Waals surface area contributed by atoms with Gasteiger partial charge in [0.1, 0.15) is 29.1 Å². The standard InChI is InChI=1S/C19H16F2N6.C2H4O2/c20-12-4-11(5-13(21)6-12)17-8-15(16(9-22)19(23)25-17)18-7-14-10-24-2-1-3-27(14)26-18;1-2(3)4/h4-8,24H,1-3,10H2,(H2,23,25);1H3,(H,3,4). The molecule has 0 saturated heterocycles. The van der Waals surface area contributed by atoms with Gasteiger partial charge in [-0.05, 0) is 37.2 Å². The maximum Gasteiger partial charge on any atom is 0.300 e. The van der Waals surface area contributed by atoms with Crippen molar-refractivity contribution in [1.82, 2.24) is 20.1 Å². The maximum atomic E-state index is 13.6. The van der Waals surface area contributed by atoms with Crippen molar-refractivity contribution in [3.63, 3.8) is 0 Å². The Morgan fingerprint density at radius 3 is 2.55 bits per heavy atom. The number of carboxylic acid groups (broad SMARTS) is 1. The predicted molar refractivity (Wildman–Crippen MR) is 110 cm³/mol. The van der Waals surface area contributed by atoms with E-state index in [4.69, 9.17) is 15.6 Å². The Morgan fingerprint density at radius 2 is 1.90 bits per heavy atom. The number of pyridine rings is 1. The van der Waals surface area contributed by atoms with Crippen LogP contribution in [-0.2, 0) is 17.9 Å². The number of rotatable bonds is 2. The summed E-state index contributed by atoms with van der Waals surface area (Å²) >= 11 is 0. The van der Waals surface area contributed by atoms with Crippen LogP contribution in [0.5, 0.6) is 0 Å². The molecule has 0 saturated carbocycles. The van der Waals surface area contributed by atoms with Crippen LogP contribution in [0.25, 0.3) is 22.5 Å². The van der Waals surface area contributed by atoms with Gasteiger partial charge in [-0.2, -0.15) is 10.4 Å². The van der Waals surface area contributed by atoms with Crippen LogP contribution in [0, 0.1) is 23.0 Å². The Labute approximate surface area is 176 Å². The van der Waals surface area contributed by atoms with E-state index >= 15 is 0 Å². The molecule has 2 aromatic heterocycles. The Kier molecular flexibility index (Phi) is 6.57. The molecule has 31 heavy (non-hydrogen) atoms. The summed E-state index contributed by atoms with van der Waals surface area (Å²) in [5, 5.41) is 24.8. The average Bonchev–Trinajstić information content (AvgIpc) is 2.96. The molecule has 0 bridgehead atoms. The van der Waals surface area contributed by atoms with Crippen molar-refractivity contribution in [2.75, 3.05) is 12.3 Å². The number of nitrogens with zero attached hydrogens (tertiary/aromatic N) is 4. The molecular formula is C21H20F2N6O2. The van der Waals surface area contributed by atoms with Crippen molar-refractivity contribution in [3.05, 3.63) is 53.2 Å². The highest BCUT2D eigenvalue weighted by molar-refractivity contribution is 5.78. The predicted octanol–water partition coefficient (Wildman–Crippen LogP) is 2.93. The van der Waals surface area contributed by atoms with Crippen molar-refractivity contribution in [2.24, 2.45) is 0 Å². The largest absolute Gasteiger partial charge is 0.481 e. The molecule has 4 rings (SSSR count). The number of anilines is 1. The van der Waals surface area contributed by atoms with Crippen LogP contribution in [0.2, 0.25) is 0 Å². The third-order valence-electron chi connectivity index (χ3n) is 4.49. The summed E-state index contributed by atoms with van der Waals surface area (Å²) in [7, 11) is 0. The van der Waals surface area contributed by atoms with Gasteiger partial charge in [-0.1, -0.05) is 0 Å². The summed E-state index contributed by atoms with van der Waals surface area (Å²) in [5.41, 5.74) is 8.75. The van der Waals surface area contributed by atoms with Crippen molar-refractivity contribution in [3.8, 4) is 28.6 Å². The van der Waals surface area contributed by atoms with Crippen LogP contribution in [0.1, 0.15) is 24.6 Å². The fourth-order valence-electron chi connectivity index (χ4n) is 3.23. The van der Waals surface area contributed by atoms with Crippen LogP contribution in [0.4, 0.5) is 14.6 Å². The summed E-state index contributed by atoms with van der Waals surface area (Å²) in [4.78, 5) is 13.2. The third-order valence-corrected chi connectivity index (χ3v) is 4.49. The number of nitrogens with two attached hydrogens (primary N) is 1. The minimum Gasteiger partial charge on any atom is -0.481 e. The number of nitrogens with one attached hydrogen (secondary N) is 1. The summed E-state index contributed by atoms with van der Waals surface area (Å²) in [6.07, 6.45) is 0.950. The highest BCUT2D eigenvalue weighted by atomic mass is 19.1. The van der Waals surface area contributed by atoms with Gasteiger partial charge >= 0.3 is 0 Å². The molecule has 0 unspecified atom stereocenters. The topological polar surface area (TPSA) is 130 Å². The smallest absolute Gasteiger partial charge is 0.300 e. The molecule has 1 aliphatic rings. The SMILES string of the molecule is CC(=O)O.N#Cc1c(-c2cc3n(n2)CCCNC3)cc(-c2cc(F)cc(F)c2)nc1N. The molecule has 0 aliphatic carbocycles. The summed E-state index contributed by atoms with van der Waals surface area (Å²) in [5.74, 6) is -2.26. The van der Waals surface area contributed by atoms with Crippen molar-refractivity contribution < 1.29 is 18.7 Å². The van der Waals surface area contributed by atoms with E-state index in [0.29, 0.717) is 17.8 Å². The van der Waals surface area contributed by atoms with Crippen LogP contribution < -0.4 is 11.1 Å². The number of nitriles is 1. The molecule has 1 aliphatic heterocycles. The second-order valence-electron chi connectivity index (χ2n) is 6.88. The Morgan fingerprint density at radius 1 is 1.23 bits per heavy atom. The molecule has 160 valence electrons. The molecule has 0 amide bonds. The normalized spacial score (nSPS) is 12.7. The maximum absolute atomic E-state index is 13.6. The molecule has 3 heterocycles. The number of halogens is 2. The zero-order valence-electron chi connectivity index (χ0n) is 16.7. The quantitative estimate of drug-likeness (QED) is 0.574. The minimum absolute atomic E-state index is 0.00371. The number of aliphatic carboxylic acids is 1. The minimum atomic E-state index is -0.833. The molecule has 4 N–H and O–H groups in total. The number of aryl methyl sites for hydroxylation is 1. The molecule has 10 heteroatoms. The number of hydrogen-bond acceptors (Lipinski definition) is 6. The van der Waals surface area contributed by atoms with Gasteiger partial charge in [0, 0.05) is 37.2 Å². The average molecular weight is 426 g/mol. The van der Waals surface area contributed by atoms with Crippen LogP contribution >= 0.6 is 0 Å². The first kappa shape index (κ1) is 21.9. The lowest BCUT2D eigenvalue weighted by molar-refractivity contribution is -0.134. The molecule has 0 spiro atoms.